The van der Waals surface area contributed by atoms with E-state index in [4.69, 9.17) is 5.11 Å². The fourth-order valence-corrected chi connectivity index (χ4v) is 2.95. The van der Waals surface area contributed by atoms with Gasteiger partial charge in [0.1, 0.15) is 0 Å². The van der Waals surface area contributed by atoms with Crippen molar-refractivity contribution < 1.29 is 9.90 Å². The third-order valence-electron chi connectivity index (χ3n) is 4.20. The normalized spacial score (nSPS) is 21.8. The number of nitrogens with zero attached hydrogens (tertiary/aromatic N) is 1. The van der Waals surface area contributed by atoms with Gasteiger partial charge in [-0.3, -0.25) is 4.90 Å². The number of hydrogen-bond donors (Lipinski definition) is 1. The molecule has 1 aromatic rings. The van der Waals surface area contributed by atoms with Crippen molar-refractivity contribution in [3.05, 3.63) is 35.4 Å². The van der Waals surface area contributed by atoms with Gasteiger partial charge in [-0.25, -0.2) is 4.79 Å². The quantitative estimate of drug-likeness (QED) is 0.903. The Balaban J connectivity index is 1.95. The zero-order chi connectivity index (χ0) is 14.0. The van der Waals surface area contributed by atoms with E-state index in [1.165, 1.54) is 24.8 Å². The van der Waals surface area contributed by atoms with Gasteiger partial charge in [0.05, 0.1) is 5.56 Å². The van der Waals surface area contributed by atoms with E-state index in [1.807, 2.05) is 12.1 Å². The molecule has 104 valence electrons. The maximum absolute atomic E-state index is 10.8. The van der Waals surface area contributed by atoms with Crippen molar-refractivity contribution in [1.29, 1.82) is 0 Å². The van der Waals surface area contributed by atoms with E-state index in [0.29, 0.717) is 17.0 Å². The largest absolute Gasteiger partial charge is 0.478 e. The van der Waals surface area contributed by atoms with Gasteiger partial charge in [-0.15, -0.1) is 0 Å². The Morgan fingerprint density at radius 3 is 2.47 bits per heavy atom. The second kappa shape index (κ2) is 5.33. The number of carboxylic acid groups (broad SMARTS) is 1. The Labute approximate surface area is 115 Å². The SMILES string of the molecule is CN(Cc1ccc(C(=O)O)cc1)C1CCC(C)(C)C1. The average molecular weight is 261 g/mol. The van der Waals surface area contributed by atoms with Gasteiger partial charge in [0, 0.05) is 12.6 Å². The van der Waals surface area contributed by atoms with Crippen LogP contribution in [0.15, 0.2) is 24.3 Å². The minimum absolute atomic E-state index is 0.355. The summed E-state index contributed by atoms with van der Waals surface area (Å²) in [6, 6.07) is 7.85. The maximum Gasteiger partial charge on any atom is 0.335 e. The zero-order valence-electron chi connectivity index (χ0n) is 12.0. The minimum atomic E-state index is -0.863. The summed E-state index contributed by atoms with van der Waals surface area (Å²) in [4.78, 5) is 13.2. The molecular weight excluding hydrogens is 238 g/mol. The van der Waals surface area contributed by atoms with Crippen LogP contribution in [0.5, 0.6) is 0 Å². The monoisotopic (exact) mass is 261 g/mol. The van der Waals surface area contributed by atoms with Gasteiger partial charge < -0.3 is 5.11 Å². The van der Waals surface area contributed by atoms with Crippen LogP contribution >= 0.6 is 0 Å². The van der Waals surface area contributed by atoms with Crippen LogP contribution in [0.2, 0.25) is 0 Å². The Morgan fingerprint density at radius 1 is 1.37 bits per heavy atom. The number of carbonyl (C=O) groups is 1. The van der Waals surface area contributed by atoms with Crippen LogP contribution < -0.4 is 0 Å². The second-order valence-electron chi connectivity index (χ2n) is 6.48. The Morgan fingerprint density at radius 2 is 2.00 bits per heavy atom. The fourth-order valence-electron chi connectivity index (χ4n) is 2.95. The molecule has 0 aromatic heterocycles. The van der Waals surface area contributed by atoms with Gasteiger partial charge in [0.2, 0.25) is 0 Å². The molecule has 1 N–H and O–H groups in total. The van der Waals surface area contributed by atoms with Gasteiger partial charge in [-0.2, -0.15) is 0 Å². The molecule has 0 saturated heterocycles. The molecule has 0 aliphatic heterocycles. The van der Waals surface area contributed by atoms with Crippen LogP contribution in [-0.2, 0) is 6.54 Å². The van der Waals surface area contributed by atoms with Crippen molar-refractivity contribution in [2.75, 3.05) is 7.05 Å². The van der Waals surface area contributed by atoms with E-state index in [2.05, 4.69) is 25.8 Å². The lowest BCUT2D eigenvalue weighted by molar-refractivity contribution is 0.0697. The summed E-state index contributed by atoms with van der Waals surface area (Å²) in [5.41, 5.74) is 2.00. The van der Waals surface area contributed by atoms with Crippen molar-refractivity contribution in [3.63, 3.8) is 0 Å². The zero-order valence-corrected chi connectivity index (χ0v) is 12.0. The highest BCUT2D eigenvalue weighted by Gasteiger charge is 2.32. The highest BCUT2D eigenvalue weighted by atomic mass is 16.4. The molecular formula is C16H23NO2. The lowest BCUT2D eigenvalue weighted by Crippen LogP contribution is -2.29. The molecule has 1 aliphatic carbocycles. The minimum Gasteiger partial charge on any atom is -0.478 e. The summed E-state index contributed by atoms with van der Waals surface area (Å²) in [5.74, 6) is -0.863. The predicted octanol–water partition coefficient (Wildman–Crippen LogP) is 3.40. The third kappa shape index (κ3) is 3.57. The molecule has 0 amide bonds. The summed E-state index contributed by atoms with van der Waals surface area (Å²) in [6.45, 7) is 5.56. The van der Waals surface area contributed by atoms with E-state index in [1.54, 1.807) is 12.1 Å². The summed E-state index contributed by atoms with van der Waals surface area (Å²) < 4.78 is 0. The van der Waals surface area contributed by atoms with E-state index >= 15 is 0 Å². The molecule has 0 spiro atoms. The van der Waals surface area contributed by atoms with E-state index < -0.39 is 5.97 Å². The van der Waals surface area contributed by atoms with Gasteiger partial charge in [0.15, 0.2) is 0 Å². The predicted molar refractivity (Wildman–Crippen MR) is 76.3 cm³/mol. The molecule has 0 radical (unpaired) electrons. The molecule has 1 unspecified atom stereocenters. The first-order valence-corrected chi connectivity index (χ1v) is 6.90. The third-order valence-corrected chi connectivity index (χ3v) is 4.20. The van der Waals surface area contributed by atoms with E-state index in [-0.39, 0.29) is 0 Å². The topological polar surface area (TPSA) is 40.5 Å². The Kier molecular flexibility index (Phi) is 3.95. The van der Waals surface area contributed by atoms with Crippen LogP contribution in [0.25, 0.3) is 0 Å². The van der Waals surface area contributed by atoms with Crippen molar-refractivity contribution in [2.45, 2.75) is 45.7 Å². The fraction of sp³-hybridized carbons (Fsp3) is 0.562. The number of benzene rings is 1. The number of carboxylic acids is 1. The van der Waals surface area contributed by atoms with Crippen molar-refractivity contribution >= 4 is 5.97 Å². The van der Waals surface area contributed by atoms with Crippen LogP contribution in [0, 0.1) is 5.41 Å². The number of hydrogen-bond acceptors (Lipinski definition) is 2. The number of aromatic carboxylic acids is 1. The Bertz CT molecular complexity index is 450. The average Bonchev–Trinajstić information content (AvgIpc) is 2.70. The van der Waals surface area contributed by atoms with Crippen LogP contribution in [0.4, 0.5) is 0 Å². The summed E-state index contributed by atoms with van der Waals surface area (Å²) in [5, 5.41) is 8.88. The molecule has 1 fully saturated rings. The van der Waals surface area contributed by atoms with Gasteiger partial charge in [0.25, 0.3) is 0 Å². The van der Waals surface area contributed by atoms with Crippen molar-refractivity contribution in [2.24, 2.45) is 5.41 Å². The summed E-state index contributed by atoms with van der Waals surface area (Å²) in [7, 11) is 2.16. The lowest BCUT2D eigenvalue weighted by Gasteiger charge is -2.26. The smallest absolute Gasteiger partial charge is 0.335 e. The highest BCUT2D eigenvalue weighted by molar-refractivity contribution is 5.87. The lowest BCUT2D eigenvalue weighted by atomic mass is 9.91. The molecule has 1 aliphatic rings. The first kappa shape index (κ1) is 14.1. The summed E-state index contributed by atoms with van der Waals surface area (Å²) >= 11 is 0. The molecule has 19 heavy (non-hydrogen) atoms. The molecule has 1 saturated carbocycles. The maximum atomic E-state index is 10.8. The van der Waals surface area contributed by atoms with Crippen LogP contribution in [0.1, 0.15) is 49.0 Å². The van der Waals surface area contributed by atoms with Gasteiger partial charge >= 0.3 is 5.97 Å². The molecule has 1 atom stereocenters. The molecule has 3 heteroatoms. The van der Waals surface area contributed by atoms with Gasteiger partial charge in [-0.05, 0) is 49.4 Å². The second-order valence-corrected chi connectivity index (χ2v) is 6.48. The summed E-state index contributed by atoms with van der Waals surface area (Å²) in [6.07, 6.45) is 3.80. The molecule has 0 heterocycles. The molecule has 3 nitrogen and oxygen atoms in total. The van der Waals surface area contributed by atoms with Gasteiger partial charge in [-0.1, -0.05) is 26.0 Å². The van der Waals surface area contributed by atoms with Crippen molar-refractivity contribution in [3.8, 4) is 0 Å². The molecule has 0 bridgehead atoms. The Hall–Kier alpha value is -1.35. The van der Waals surface area contributed by atoms with Crippen LogP contribution in [0.3, 0.4) is 0 Å². The van der Waals surface area contributed by atoms with Crippen molar-refractivity contribution in [1.82, 2.24) is 4.90 Å². The molecule has 1 aromatic carbocycles. The number of rotatable bonds is 4. The first-order valence-electron chi connectivity index (χ1n) is 6.90. The first-order chi connectivity index (χ1) is 8.87. The van der Waals surface area contributed by atoms with E-state index in [0.717, 1.165) is 6.54 Å². The van der Waals surface area contributed by atoms with Crippen LogP contribution in [-0.4, -0.2) is 29.1 Å². The standard InChI is InChI=1S/C16H23NO2/c1-16(2)9-8-14(10-16)17(3)11-12-4-6-13(7-5-12)15(18)19/h4-7,14H,8-11H2,1-3H3,(H,18,19). The molecule has 2 rings (SSSR count). The highest BCUT2D eigenvalue weighted by Crippen LogP contribution is 2.39. The van der Waals surface area contributed by atoms with E-state index in [9.17, 15) is 4.79 Å².